The van der Waals surface area contributed by atoms with Crippen molar-refractivity contribution < 1.29 is 0 Å². The summed E-state index contributed by atoms with van der Waals surface area (Å²) < 4.78 is 1.14. The molecule has 0 aliphatic rings. The minimum Gasteiger partial charge on any atom is -0.328 e. The zero-order valence-corrected chi connectivity index (χ0v) is 14.5. The third-order valence-electron chi connectivity index (χ3n) is 3.12. The molecule has 0 saturated heterocycles. The maximum Gasteiger partial charge on any atom is 0.0219 e. The molecule has 0 spiro atoms. The standard InChI is InChI=1S/C17H20BrNS/c1-11-4-7-17(12(2)8-11)20-15-6-5-14(9-13(3)19)16(18)10-15/h4-8,10,13H,9,19H2,1-3H3. The van der Waals surface area contributed by atoms with Crippen LogP contribution in [0.3, 0.4) is 0 Å². The van der Waals surface area contributed by atoms with Crippen molar-refractivity contribution in [1.82, 2.24) is 0 Å². The third-order valence-corrected chi connectivity index (χ3v) is 5.03. The summed E-state index contributed by atoms with van der Waals surface area (Å²) >= 11 is 5.45. The third kappa shape index (κ3) is 4.11. The summed E-state index contributed by atoms with van der Waals surface area (Å²) in [4.78, 5) is 2.56. The van der Waals surface area contributed by atoms with Crippen LogP contribution in [0.4, 0.5) is 0 Å². The van der Waals surface area contributed by atoms with Gasteiger partial charge in [0.1, 0.15) is 0 Å². The zero-order valence-electron chi connectivity index (χ0n) is 12.1. The Morgan fingerprint density at radius 1 is 1.15 bits per heavy atom. The molecule has 0 amide bonds. The highest BCUT2D eigenvalue weighted by molar-refractivity contribution is 9.10. The maximum absolute atomic E-state index is 5.86. The van der Waals surface area contributed by atoms with Crippen molar-refractivity contribution in [2.24, 2.45) is 5.73 Å². The molecular weight excluding hydrogens is 330 g/mol. The average molecular weight is 350 g/mol. The van der Waals surface area contributed by atoms with Gasteiger partial charge in [0.15, 0.2) is 0 Å². The highest BCUT2D eigenvalue weighted by Gasteiger charge is 2.06. The van der Waals surface area contributed by atoms with Crippen molar-refractivity contribution in [2.45, 2.75) is 43.0 Å². The van der Waals surface area contributed by atoms with Crippen molar-refractivity contribution in [3.8, 4) is 0 Å². The molecule has 2 aromatic rings. The summed E-state index contributed by atoms with van der Waals surface area (Å²) in [5, 5.41) is 0. The molecule has 2 N–H and O–H groups in total. The summed E-state index contributed by atoms with van der Waals surface area (Å²) in [6.45, 7) is 6.32. The van der Waals surface area contributed by atoms with E-state index >= 15 is 0 Å². The van der Waals surface area contributed by atoms with Crippen LogP contribution in [-0.4, -0.2) is 6.04 Å². The second-order valence-electron chi connectivity index (χ2n) is 5.31. The Hall–Kier alpha value is -0.770. The smallest absolute Gasteiger partial charge is 0.0219 e. The molecule has 2 rings (SSSR count). The first kappa shape index (κ1) is 15.6. The van der Waals surface area contributed by atoms with Crippen LogP contribution in [0.25, 0.3) is 0 Å². The SMILES string of the molecule is Cc1ccc(Sc2ccc(CC(C)N)c(Br)c2)c(C)c1. The van der Waals surface area contributed by atoms with Gasteiger partial charge in [0.2, 0.25) is 0 Å². The molecular formula is C17H20BrNS. The molecule has 0 aromatic heterocycles. The predicted octanol–water partition coefficient (Wildman–Crippen LogP) is 5.11. The van der Waals surface area contributed by atoms with Crippen LogP contribution in [0.5, 0.6) is 0 Å². The van der Waals surface area contributed by atoms with Crippen molar-refractivity contribution in [1.29, 1.82) is 0 Å². The summed E-state index contributed by atoms with van der Waals surface area (Å²) in [6, 6.07) is 13.3. The van der Waals surface area contributed by atoms with Crippen molar-refractivity contribution in [3.05, 3.63) is 57.6 Å². The number of hydrogen-bond acceptors (Lipinski definition) is 2. The van der Waals surface area contributed by atoms with Gasteiger partial charge in [-0.3, -0.25) is 0 Å². The van der Waals surface area contributed by atoms with Gasteiger partial charge in [-0.25, -0.2) is 0 Å². The van der Waals surface area contributed by atoms with E-state index in [2.05, 4.69) is 66.2 Å². The van der Waals surface area contributed by atoms with Crippen molar-refractivity contribution in [2.75, 3.05) is 0 Å². The van der Waals surface area contributed by atoms with E-state index in [1.165, 1.54) is 26.5 Å². The van der Waals surface area contributed by atoms with Crippen molar-refractivity contribution >= 4 is 27.7 Å². The van der Waals surface area contributed by atoms with Crippen LogP contribution in [0, 0.1) is 13.8 Å². The molecule has 1 nitrogen and oxygen atoms in total. The zero-order chi connectivity index (χ0) is 14.7. The number of nitrogens with two attached hydrogens (primary N) is 1. The molecule has 0 bridgehead atoms. The molecule has 0 fully saturated rings. The Bertz CT molecular complexity index is 608. The molecule has 0 aliphatic carbocycles. The van der Waals surface area contributed by atoms with Gasteiger partial charge in [-0.2, -0.15) is 0 Å². The molecule has 20 heavy (non-hydrogen) atoms. The largest absolute Gasteiger partial charge is 0.328 e. The monoisotopic (exact) mass is 349 g/mol. The fourth-order valence-electron chi connectivity index (χ4n) is 2.14. The van der Waals surface area contributed by atoms with Gasteiger partial charge >= 0.3 is 0 Å². The van der Waals surface area contributed by atoms with Crippen LogP contribution >= 0.6 is 27.7 Å². The number of halogens is 1. The Morgan fingerprint density at radius 3 is 2.50 bits per heavy atom. The van der Waals surface area contributed by atoms with Crippen LogP contribution in [0.15, 0.2) is 50.7 Å². The van der Waals surface area contributed by atoms with E-state index in [0.29, 0.717) is 0 Å². The number of rotatable bonds is 4. The minimum atomic E-state index is 0.184. The molecule has 1 atom stereocenters. The highest BCUT2D eigenvalue weighted by Crippen LogP contribution is 2.33. The molecule has 106 valence electrons. The van der Waals surface area contributed by atoms with Gasteiger partial charge in [-0.15, -0.1) is 0 Å². The quantitative estimate of drug-likeness (QED) is 0.830. The first-order valence-electron chi connectivity index (χ1n) is 6.75. The second kappa shape index (κ2) is 6.79. The lowest BCUT2D eigenvalue weighted by Gasteiger charge is -2.11. The van der Waals surface area contributed by atoms with E-state index in [0.717, 1.165) is 10.9 Å². The van der Waals surface area contributed by atoms with Crippen LogP contribution in [0.2, 0.25) is 0 Å². The van der Waals surface area contributed by atoms with Crippen LogP contribution in [-0.2, 0) is 6.42 Å². The highest BCUT2D eigenvalue weighted by atomic mass is 79.9. The number of hydrogen-bond donors (Lipinski definition) is 1. The van der Waals surface area contributed by atoms with Gasteiger partial charge in [0, 0.05) is 20.3 Å². The summed E-state index contributed by atoms with van der Waals surface area (Å²) in [6.07, 6.45) is 0.898. The average Bonchev–Trinajstić information content (AvgIpc) is 2.36. The van der Waals surface area contributed by atoms with Crippen LogP contribution < -0.4 is 5.73 Å². The van der Waals surface area contributed by atoms with Crippen molar-refractivity contribution in [3.63, 3.8) is 0 Å². The fourth-order valence-corrected chi connectivity index (χ4v) is 3.76. The molecule has 2 aromatic carbocycles. The molecule has 0 saturated carbocycles. The number of aryl methyl sites for hydroxylation is 2. The Balaban J connectivity index is 2.20. The minimum absolute atomic E-state index is 0.184. The lowest BCUT2D eigenvalue weighted by molar-refractivity contribution is 0.735. The maximum atomic E-state index is 5.86. The summed E-state index contributed by atoms with van der Waals surface area (Å²) in [5.41, 5.74) is 9.76. The van der Waals surface area contributed by atoms with E-state index in [9.17, 15) is 0 Å². The molecule has 3 heteroatoms. The first-order chi connectivity index (χ1) is 9.45. The van der Waals surface area contributed by atoms with Gasteiger partial charge in [0.05, 0.1) is 0 Å². The van der Waals surface area contributed by atoms with E-state index in [4.69, 9.17) is 5.73 Å². The molecule has 0 radical (unpaired) electrons. The normalized spacial score (nSPS) is 12.4. The van der Waals surface area contributed by atoms with Crippen LogP contribution in [0.1, 0.15) is 23.6 Å². The Labute approximate surface area is 134 Å². The van der Waals surface area contributed by atoms with E-state index in [1.54, 1.807) is 11.8 Å². The Morgan fingerprint density at radius 2 is 1.90 bits per heavy atom. The molecule has 0 heterocycles. The topological polar surface area (TPSA) is 26.0 Å². The first-order valence-corrected chi connectivity index (χ1v) is 8.36. The van der Waals surface area contributed by atoms with Gasteiger partial charge in [-0.1, -0.05) is 51.5 Å². The lowest BCUT2D eigenvalue weighted by atomic mass is 10.1. The molecule has 1 unspecified atom stereocenters. The number of benzene rings is 2. The predicted molar refractivity (Wildman–Crippen MR) is 91.5 cm³/mol. The molecule has 0 aliphatic heterocycles. The second-order valence-corrected chi connectivity index (χ2v) is 7.28. The van der Waals surface area contributed by atoms with E-state index in [-0.39, 0.29) is 6.04 Å². The summed E-state index contributed by atoms with van der Waals surface area (Å²) in [5.74, 6) is 0. The Kier molecular flexibility index (Phi) is 5.30. The fraction of sp³-hybridized carbons (Fsp3) is 0.294. The van der Waals surface area contributed by atoms with Gasteiger partial charge in [0.25, 0.3) is 0 Å². The van der Waals surface area contributed by atoms with E-state index < -0.39 is 0 Å². The van der Waals surface area contributed by atoms with Gasteiger partial charge in [-0.05, 0) is 56.5 Å². The van der Waals surface area contributed by atoms with E-state index in [1.807, 2.05) is 6.92 Å². The lowest BCUT2D eigenvalue weighted by Crippen LogP contribution is -2.17. The summed E-state index contributed by atoms with van der Waals surface area (Å²) in [7, 11) is 0. The van der Waals surface area contributed by atoms with Gasteiger partial charge < -0.3 is 5.73 Å².